The van der Waals surface area contributed by atoms with Crippen molar-refractivity contribution in [1.82, 2.24) is 5.32 Å². The predicted octanol–water partition coefficient (Wildman–Crippen LogP) is 3.07. The van der Waals surface area contributed by atoms with E-state index < -0.39 is 0 Å². The zero-order valence-electron chi connectivity index (χ0n) is 12.3. The van der Waals surface area contributed by atoms with Gasteiger partial charge in [-0.15, -0.1) is 11.3 Å². The molecule has 0 atom stereocenters. The summed E-state index contributed by atoms with van der Waals surface area (Å²) in [6, 6.07) is 6.04. The molecule has 2 rings (SSSR count). The van der Waals surface area contributed by atoms with Crippen molar-refractivity contribution < 1.29 is 9.90 Å². The maximum Gasteiger partial charge on any atom is 0.263 e. The second-order valence-electron chi connectivity index (χ2n) is 5.24. The Labute approximate surface area is 129 Å². The zero-order valence-corrected chi connectivity index (χ0v) is 13.1. The molecule has 0 unspecified atom stereocenters. The number of fused-ring (bicyclic) bond motifs is 1. The summed E-state index contributed by atoms with van der Waals surface area (Å²) in [5.74, 6) is -0.0893. The average molecular weight is 306 g/mol. The Bertz CT molecular complexity index is 622. The van der Waals surface area contributed by atoms with Crippen LogP contribution in [0.3, 0.4) is 0 Å². The Morgan fingerprint density at radius 1 is 1.29 bits per heavy atom. The fourth-order valence-corrected chi connectivity index (χ4v) is 3.40. The number of nitrogens with one attached hydrogen (secondary N) is 1. The standard InChI is InChI=1S/C16H22N2O2S/c1-11-6-7-12-13(10-11)21-15(14(12)17)16(20)18-8-4-2-3-5-9-19/h6-7,10,19H,2-5,8-9,17H2,1H3,(H,18,20). The van der Waals surface area contributed by atoms with Gasteiger partial charge in [0.25, 0.3) is 5.91 Å². The van der Waals surface area contributed by atoms with Crippen molar-refractivity contribution in [2.24, 2.45) is 0 Å². The van der Waals surface area contributed by atoms with Crippen molar-refractivity contribution in [2.75, 3.05) is 18.9 Å². The highest BCUT2D eigenvalue weighted by Gasteiger charge is 2.15. The number of unbranched alkanes of at least 4 members (excludes halogenated alkanes) is 3. The topological polar surface area (TPSA) is 75.4 Å². The Hall–Kier alpha value is -1.59. The number of benzene rings is 1. The minimum atomic E-state index is -0.0893. The first-order chi connectivity index (χ1) is 10.1. The van der Waals surface area contributed by atoms with Crippen LogP contribution in [0, 0.1) is 6.92 Å². The second kappa shape index (κ2) is 7.43. The summed E-state index contributed by atoms with van der Waals surface area (Å²) >= 11 is 1.45. The lowest BCUT2D eigenvalue weighted by Gasteiger charge is -2.04. The van der Waals surface area contributed by atoms with Gasteiger partial charge < -0.3 is 16.2 Å². The summed E-state index contributed by atoms with van der Waals surface area (Å²) in [4.78, 5) is 12.8. The zero-order chi connectivity index (χ0) is 15.2. The van der Waals surface area contributed by atoms with Crippen LogP contribution in [0.2, 0.25) is 0 Å². The van der Waals surface area contributed by atoms with Crippen molar-refractivity contribution in [3.8, 4) is 0 Å². The lowest BCUT2D eigenvalue weighted by molar-refractivity contribution is 0.0957. The Morgan fingerprint density at radius 3 is 2.81 bits per heavy atom. The van der Waals surface area contributed by atoms with Gasteiger partial charge in [0.1, 0.15) is 4.88 Å². The van der Waals surface area contributed by atoms with E-state index in [0.29, 0.717) is 17.1 Å². The molecule has 0 spiro atoms. The monoisotopic (exact) mass is 306 g/mol. The first kappa shape index (κ1) is 15.8. The summed E-state index contributed by atoms with van der Waals surface area (Å²) < 4.78 is 1.06. The van der Waals surface area contributed by atoms with Crippen LogP contribution >= 0.6 is 11.3 Å². The summed E-state index contributed by atoms with van der Waals surface area (Å²) in [5.41, 5.74) is 7.82. The molecule has 0 aliphatic rings. The van der Waals surface area contributed by atoms with Gasteiger partial charge in [0.2, 0.25) is 0 Å². The van der Waals surface area contributed by atoms with Gasteiger partial charge in [-0.3, -0.25) is 4.79 Å². The molecule has 1 aromatic carbocycles. The number of nitrogens with two attached hydrogens (primary N) is 1. The average Bonchev–Trinajstić information content (AvgIpc) is 2.79. The van der Waals surface area contributed by atoms with E-state index in [4.69, 9.17) is 10.8 Å². The molecule has 0 fully saturated rings. The largest absolute Gasteiger partial charge is 0.397 e. The quantitative estimate of drug-likeness (QED) is 0.688. The third-order valence-corrected chi connectivity index (χ3v) is 4.63. The number of rotatable bonds is 7. The molecule has 0 saturated heterocycles. The normalized spacial score (nSPS) is 11.0. The van der Waals surface area contributed by atoms with Gasteiger partial charge >= 0.3 is 0 Å². The second-order valence-corrected chi connectivity index (χ2v) is 6.29. The Balaban J connectivity index is 1.95. The van der Waals surface area contributed by atoms with Crippen LogP contribution in [0.4, 0.5) is 5.69 Å². The molecule has 0 aliphatic heterocycles. The van der Waals surface area contributed by atoms with Crippen LogP contribution in [0.1, 0.15) is 40.9 Å². The summed E-state index contributed by atoms with van der Waals surface area (Å²) in [6.07, 6.45) is 3.77. The smallest absolute Gasteiger partial charge is 0.263 e. The number of aryl methyl sites for hydroxylation is 1. The third-order valence-electron chi connectivity index (χ3n) is 3.46. The number of carbonyl (C=O) groups excluding carboxylic acids is 1. The van der Waals surface area contributed by atoms with Crippen LogP contribution in [0.25, 0.3) is 10.1 Å². The van der Waals surface area contributed by atoms with E-state index in [1.807, 2.05) is 19.1 Å². The molecule has 1 heterocycles. The number of amides is 1. The number of nitrogen functional groups attached to an aromatic ring is 1. The first-order valence-electron chi connectivity index (χ1n) is 7.31. The maximum absolute atomic E-state index is 12.2. The highest BCUT2D eigenvalue weighted by atomic mass is 32.1. The van der Waals surface area contributed by atoms with Crippen LogP contribution in [-0.4, -0.2) is 24.2 Å². The minimum absolute atomic E-state index is 0.0893. The number of aliphatic hydroxyl groups is 1. The van der Waals surface area contributed by atoms with Crippen molar-refractivity contribution >= 4 is 33.0 Å². The van der Waals surface area contributed by atoms with Crippen LogP contribution in [0.5, 0.6) is 0 Å². The van der Waals surface area contributed by atoms with Gasteiger partial charge in [-0.1, -0.05) is 25.0 Å². The lowest BCUT2D eigenvalue weighted by atomic mass is 10.1. The number of hydrogen-bond acceptors (Lipinski definition) is 4. The van der Waals surface area contributed by atoms with Gasteiger partial charge in [0.15, 0.2) is 0 Å². The third kappa shape index (κ3) is 3.95. The van der Waals surface area contributed by atoms with Crippen LogP contribution < -0.4 is 11.1 Å². The molecule has 4 N–H and O–H groups in total. The van der Waals surface area contributed by atoms with Crippen molar-refractivity contribution in [3.05, 3.63) is 28.6 Å². The molecule has 0 bridgehead atoms. The SMILES string of the molecule is Cc1ccc2c(N)c(C(=O)NCCCCCCO)sc2c1. The van der Waals surface area contributed by atoms with Gasteiger partial charge in [-0.2, -0.15) is 0 Å². The summed E-state index contributed by atoms with van der Waals surface area (Å²) in [6.45, 7) is 2.92. The molecule has 1 amide bonds. The van der Waals surface area contributed by atoms with E-state index in [0.717, 1.165) is 35.8 Å². The molecular weight excluding hydrogens is 284 g/mol. The number of hydrogen-bond donors (Lipinski definition) is 3. The van der Waals surface area contributed by atoms with Crippen LogP contribution in [0.15, 0.2) is 18.2 Å². The fraction of sp³-hybridized carbons (Fsp3) is 0.438. The van der Waals surface area contributed by atoms with E-state index in [1.54, 1.807) is 0 Å². The molecule has 0 saturated carbocycles. The van der Waals surface area contributed by atoms with E-state index in [-0.39, 0.29) is 12.5 Å². The summed E-state index contributed by atoms with van der Waals surface area (Å²) in [5, 5.41) is 12.6. The van der Waals surface area contributed by atoms with E-state index >= 15 is 0 Å². The van der Waals surface area contributed by atoms with Gasteiger partial charge in [-0.05, 0) is 31.4 Å². The number of anilines is 1. The molecule has 114 valence electrons. The molecule has 2 aromatic rings. The predicted molar refractivity (Wildman–Crippen MR) is 88.9 cm³/mol. The van der Waals surface area contributed by atoms with E-state index in [1.165, 1.54) is 16.9 Å². The molecule has 5 heteroatoms. The van der Waals surface area contributed by atoms with Gasteiger partial charge in [0.05, 0.1) is 5.69 Å². The molecule has 0 radical (unpaired) electrons. The molecule has 4 nitrogen and oxygen atoms in total. The van der Waals surface area contributed by atoms with Gasteiger partial charge in [0, 0.05) is 23.2 Å². The summed E-state index contributed by atoms with van der Waals surface area (Å²) in [7, 11) is 0. The van der Waals surface area contributed by atoms with E-state index in [2.05, 4.69) is 11.4 Å². The minimum Gasteiger partial charge on any atom is -0.397 e. The van der Waals surface area contributed by atoms with E-state index in [9.17, 15) is 4.79 Å². The van der Waals surface area contributed by atoms with Crippen molar-refractivity contribution in [3.63, 3.8) is 0 Å². The first-order valence-corrected chi connectivity index (χ1v) is 8.13. The highest BCUT2D eigenvalue weighted by molar-refractivity contribution is 7.21. The van der Waals surface area contributed by atoms with Crippen molar-refractivity contribution in [2.45, 2.75) is 32.6 Å². The number of carbonyl (C=O) groups is 1. The van der Waals surface area contributed by atoms with Gasteiger partial charge in [-0.25, -0.2) is 0 Å². The molecule has 0 aliphatic carbocycles. The number of aliphatic hydroxyl groups excluding tert-OH is 1. The highest BCUT2D eigenvalue weighted by Crippen LogP contribution is 2.34. The molecular formula is C16H22N2O2S. The lowest BCUT2D eigenvalue weighted by Crippen LogP contribution is -2.24. The maximum atomic E-state index is 12.2. The van der Waals surface area contributed by atoms with Crippen molar-refractivity contribution in [1.29, 1.82) is 0 Å². The Kier molecular flexibility index (Phi) is 5.59. The molecule has 1 aromatic heterocycles. The molecule has 21 heavy (non-hydrogen) atoms. The number of thiophene rings is 1. The fourth-order valence-electron chi connectivity index (χ4n) is 2.26. The Morgan fingerprint density at radius 2 is 2.05 bits per heavy atom. The van der Waals surface area contributed by atoms with Crippen LogP contribution in [-0.2, 0) is 0 Å².